The molecule has 0 aliphatic heterocycles. The lowest BCUT2D eigenvalue weighted by Crippen LogP contribution is -2.08. The zero-order valence-electron chi connectivity index (χ0n) is 16.6. The third-order valence-electron chi connectivity index (χ3n) is 4.80. The van der Waals surface area contributed by atoms with Gasteiger partial charge in [0, 0.05) is 36.3 Å². The summed E-state index contributed by atoms with van der Waals surface area (Å²) in [4.78, 5) is 9.47. The van der Waals surface area contributed by atoms with Crippen molar-refractivity contribution in [3.63, 3.8) is 0 Å². The molecule has 2 heterocycles. The van der Waals surface area contributed by atoms with Crippen molar-refractivity contribution in [3.05, 3.63) is 53.9 Å². The summed E-state index contributed by atoms with van der Waals surface area (Å²) in [7, 11) is 4.90. The standard InChI is InChI=1S/C21H23N5O3/c1-27-15-8-7-13(18(9-15)29-3)11-23-21-25-19-16(5-4-6-17(19)28-2)20-24-14(10-22)12-26(20)21/h4-9,12H,10-11,22H2,1-3H3,(H,23,25). The number of imidazole rings is 1. The average Bonchev–Trinajstić information content (AvgIpc) is 3.22. The molecular formula is C21H23N5O3. The van der Waals surface area contributed by atoms with Gasteiger partial charge in [-0.15, -0.1) is 0 Å². The van der Waals surface area contributed by atoms with E-state index in [1.807, 2.05) is 47.0 Å². The predicted octanol–water partition coefficient (Wildman–Crippen LogP) is 2.98. The van der Waals surface area contributed by atoms with Gasteiger partial charge in [0.15, 0.2) is 0 Å². The average molecular weight is 393 g/mol. The molecule has 0 atom stereocenters. The molecule has 3 N–H and O–H groups in total. The summed E-state index contributed by atoms with van der Waals surface area (Å²) in [6.45, 7) is 0.852. The van der Waals surface area contributed by atoms with E-state index in [0.29, 0.717) is 24.8 Å². The van der Waals surface area contributed by atoms with Crippen LogP contribution in [0.15, 0.2) is 42.6 Å². The van der Waals surface area contributed by atoms with Crippen molar-refractivity contribution in [2.45, 2.75) is 13.1 Å². The second-order valence-corrected chi connectivity index (χ2v) is 6.45. The van der Waals surface area contributed by atoms with Crippen molar-refractivity contribution in [2.24, 2.45) is 5.73 Å². The van der Waals surface area contributed by atoms with Gasteiger partial charge in [0.1, 0.15) is 28.4 Å². The van der Waals surface area contributed by atoms with E-state index in [1.165, 1.54) is 0 Å². The van der Waals surface area contributed by atoms with Crippen LogP contribution in [0.3, 0.4) is 0 Å². The van der Waals surface area contributed by atoms with Crippen LogP contribution in [0, 0.1) is 0 Å². The van der Waals surface area contributed by atoms with Crippen LogP contribution in [-0.4, -0.2) is 35.7 Å². The van der Waals surface area contributed by atoms with E-state index in [0.717, 1.165) is 39.3 Å². The van der Waals surface area contributed by atoms with E-state index < -0.39 is 0 Å². The van der Waals surface area contributed by atoms with E-state index >= 15 is 0 Å². The molecule has 4 rings (SSSR count). The fourth-order valence-corrected chi connectivity index (χ4v) is 3.32. The van der Waals surface area contributed by atoms with Crippen LogP contribution in [0.4, 0.5) is 5.95 Å². The number of nitrogens with two attached hydrogens (primary N) is 1. The minimum absolute atomic E-state index is 0.346. The van der Waals surface area contributed by atoms with Crippen LogP contribution in [0.2, 0.25) is 0 Å². The van der Waals surface area contributed by atoms with E-state index in [9.17, 15) is 0 Å². The summed E-state index contributed by atoms with van der Waals surface area (Å²) in [5.41, 5.74) is 9.10. The summed E-state index contributed by atoms with van der Waals surface area (Å²) in [5, 5.41) is 4.29. The van der Waals surface area contributed by atoms with Gasteiger partial charge in [0.25, 0.3) is 0 Å². The summed E-state index contributed by atoms with van der Waals surface area (Å²) in [6, 6.07) is 11.5. The van der Waals surface area contributed by atoms with Crippen molar-refractivity contribution in [3.8, 4) is 17.2 Å². The highest BCUT2D eigenvalue weighted by Crippen LogP contribution is 2.30. The number of anilines is 1. The number of methoxy groups -OCH3 is 3. The molecule has 150 valence electrons. The monoisotopic (exact) mass is 393 g/mol. The van der Waals surface area contributed by atoms with E-state index in [4.69, 9.17) is 24.9 Å². The molecule has 0 radical (unpaired) electrons. The molecule has 0 saturated heterocycles. The number of fused-ring (bicyclic) bond motifs is 3. The van der Waals surface area contributed by atoms with Crippen LogP contribution in [0.1, 0.15) is 11.3 Å². The number of hydrogen-bond donors (Lipinski definition) is 2. The molecule has 0 saturated carbocycles. The minimum atomic E-state index is 0.346. The van der Waals surface area contributed by atoms with Crippen LogP contribution < -0.4 is 25.3 Å². The first-order valence-corrected chi connectivity index (χ1v) is 9.18. The molecule has 0 fully saturated rings. The lowest BCUT2D eigenvalue weighted by Gasteiger charge is -2.14. The highest BCUT2D eigenvalue weighted by molar-refractivity contribution is 5.96. The maximum atomic E-state index is 5.82. The zero-order valence-corrected chi connectivity index (χ0v) is 16.6. The summed E-state index contributed by atoms with van der Waals surface area (Å²) >= 11 is 0. The number of para-hydroxylation sites is 1. The Labute approximate surface area is 168 Å². The minimum Gasteiger partial charge on any atom is -0.497 e. The SMILES string of the molecule is COc1ccc(CNc2nc3c(OC)cccc3c3nc(CN)cn23)c(OC)c1. The first-order chi connectivity index (χ1) is 14.2. The molecule has 0 unspecified atom stereocenters. The van der Waals surface area contributed by atoms with Crippen LogP contribution in [-0.2, 0) is 13.1 Å². The van der Waals surface area contributed by atoms with Crippen molar-refractivity contribution < 1.29 is 14.2 Å². The van der Waals surface area contributed by atoms with Gasteiger partial charge in [-0.05, 0) is 24.3 Å². The number of nitrogens with zero attached hydrogens (tertiary/aromatic N) is 3. The first kappa shape index (κ1) is 18.8. The molecule has 0 aliphatic carbocycles. The maximum absolute atomic E-state index is 5.82. The van der Waals surface area contributed by atoms with Gasteiger partial charge in [-0.25, -0.2) is 9.97 Å². The molecule has 8 nitrogen and oxygen atoms in total. The van der Waals surface area contributed by atoms with Gasteiger partial charge < -0.3 is 25.3 Å². The fourth-order valence-electron chi connectivity index (χ4n) is 3.32. The number of benzene rings is 2. The molecular weight excluding hydrogens is 370 g/mol. The number of aromatic nitrogens is 3. The van der Waals surface area contributed by atoms with E-state index in [2.05, 4.69) is 10.3 Å². The molecule has 0 spiro atoms. The first-order valence-electron chi connectivity index (χ1n) is 9.18. The van der Waals surface area contributed by atoms with Gasteiger partial charge in [-0.2, -0.15) is 0 Å². The second-order valence-electron chi connectivity index (χ2n) is 6.45. The Balaban J connectivity index is 1.79. The van der Waals surface area contributed by atoms with Gasteiger partial charge in [-0.3, -0.25) is 4.40 Å². The highest BCUT2D eigenvalue weighted by Gasteiger charge is 2.15. The van der Waals surface area contributed by atoms with E-state index in [1.54, 1.807) is 21.3 Å². The van der Waals surface area contributed by atoms with Crippen LogP contribution in [0.25, 0.3) is 16.6 Å². The van der Waals surface area contributed by atoms with E-state index in [-0.39, 0.29) is 0 Å². The molecule has 0 amide bonds. The van der Waals surface area contributed by atoms with Crippen molar-refractivity contribution >= 4 is 22.5 Å². The highest BCUT2D eigenvalue weighted by atomic mass is 16.5. The number of hydrogen-bond acceptors (Lipinski definition) is 7. The normalized spacial score (nSPS) is 11.0. The van der Waals surface area contributed by atoms with Gasteiger partial charge in [-0.1, -0.05) is 6.07 Å². The maximum Gasteiger partial charge on any atom is 0.209 e. The summed E-state index contributed by atoms with van der Waals surface area (Å²) in [6.07, 6.45) is 1.90. The topological polar surface area (TPSA) is 95.9 Å². The Hall–Kier alpha value is -3.52. The third kappa shape index (κ3) is 3.38. The lowest BCUT2D eigenvalue weighted by atomic mass is 10.2. The summed E-state index contributed by atoms with van der Waals surface area (Å²) < 4.78 is 18.2. The molecule has 0 bridgehead atoms. The van der Waals surface area contributed by atoms with Crippen molar-refractivity contribution in [2.75, 3.05) is 26.6 Å². The largest absolute Gasteiger partial charge is 0.497 e. The predicted molar refractivity (Wildman–Crippen MR) is 112 cm³/mol. The summed E-state index contributed by atoms with van der Waals surface area (Å²) in [5.74, 6) is 2.80. The van der Waals surface area contributed by atoms with Crippen molar-refractivity contribution in [1.29, 1.82) is 0 Å². The van der Waals surface area contributed by atoms with Crippen molar-refractivity contribution in [1.82, 2.24) is 14.4 Å². The molecule has 2 aromatic carbocycles. The Bertz CT molecular complexity index is 1170. The zero-order chi connectivity index (χ0) is 20.4. The lowest BCUT2D eigenvalue weighted by molar-refractivity contribution is 0.391. The number of ether oxygens (including phenoxy) is 3. The Morgan fingerprint density at radius 1 is 1.00 bits per heavy atom. The number of nitrogens with one attached hydrogen (secondary N) is 1. The number of rotatable bonds is 7. The molecule has 0 aliphatic rings. The van der Waals surface area contributed by atoms with Crippen LogP contribution >= 0.6 is 0 Å². The molecule has 2 aromatic heterocycles. The van der Waals surface area contributed by atoms with Gasteiger partial charge in [0.05, 0.1) is 27.0 Å². The fraction of sp³-hybridized carbons (Fsp3) is 0.238. The second kappa shape index (κ2) is 7.84. The van der Waals surface area contributed by atoms with Crippen LogP contribution in [0.5, 0.6) is 17.2 Å². The van der Waals surface area contributed by atoms with Gasteiger partial charge >= 0.3 is 0 Å². The quantitative estimate of drug-likeness (QED) is 0.498. The Morgan fingerprint density at radius 2 is 1.83 bits per heavy atom. The Kier molecular flexibility index (Phi) is 5.09. The Morgan fingerprint density at radius 3 is 2.55 bits per heavy atom. The molecule has 8 heteroatoms. The molecule has 29 heavy (non-hydrogen) atoms. The third-order valence-corrected chi connectivity index (χ3v) is 4.80. The smallest absolute Gasteiger partial charge is 0.209 e. The molecule has 4 aromatic rings. The van der Waals surface area contributed by atoms with Gasteiger partial charge in [0.2, 0.25) is 5.95 Å².